The fourth-order valence-corrected chi connectivity index (χ4v) is 3.98. The van der Waals surface area contributed by atoms with Crippen LogP contribution in [0.3, 0.4) is 0 Å². The van der Waals surface area contributed by atoms with Crippen LogP contribution in [-0.4, -0.2) is 34.0 Å². The van der Waals surface area contributed by atoms with Crippen LogP contribution >= 0.6 is 11.3 Å². The number of rotatable bonds is 4. The summed E-state index contributed by atoms with van der Waals surface area (Å²) in [6.07, 6.45) is 2.30. The van der Waals surface area contributed by atoms with Gasteiger partial charge in [-0.3, -0.25) is 4.79 Å². The predicted octanol–water partition coefficient (Wildman–Crippen LogP) is 4.17. The molecule has 0 radical (unpaired) electrons. The van der Waals surface area contributed by atoms with E-state index in [0.29, 0.717) is 31.2 Å². The molecule has 1 saturated heterocycles. The highest BCUT2D eigenvalue weighted by molar-refractivity contribution is 7.08. The summed E-state index contributed by atoms with van der Waals surface area (Å²) < 4.78 is 32.3. The molecule has 1 aliphatic rings. The Labute approximate surface area is 158 Å². The fraction of sp³-hybridized carbons (Fsp3) is 0.316. The summed E-state index contributed by atoms with van der Waals surface area (Å²) in [6.45, 7) is 1.03. The number of halogens is 2. The highest BCUT2D eigenvalue weighted by atomic mass is 32.1. The molecule has 27 heavy (non-hydrogen) atoms. The van der Waals surface area contributed by atoms with Gasteiger partial charge in [0.05, 0.1) is 5.56 Å². The van der Waals surface area contributed by atoms with E-state index in [4.69, 9.17) is 4.52 Å². The minimum atomic E-state index is -0.834. The lowest BCUT2D eigenvalue weighted by Gasteiger charge is -2.32. The van der Waals surface area contributed by atoms with Gasteiger partial charge in [-0.15, -0.1) is 0 Å². The Balaban J connectivity index is 1.43. The number of amides is 1. The van der Waals surface area contributed by atoms with Gasteiger partial charge in [-0.2, -0.15) is 16.3 Å². The molecule has 0 N–H and O–H groups in total. The van der Waals surface area contributed by atoms with Gasteiger partial charge < -0.3 is 9.42 Å². The van der Waals surface area contributed by atoms with Crippen molar-refractivity contribution in [3.63, 3.8) is 0 Å². The maximum atomic E-state index is 13.9. The molecule has 3 aromatic rings. The lowest BCUT2D eigenvalue weighted by atomic mass is 9.94. The van der Waals surface area contributed by atoms with Crippen LogP contribution in [0.2, 0.25) is 0 Å². The van der Waals surface area contributed by atoms with Crippen molar-refractivity contribution < 1.29 is 18.1 Å². The van der Waals surface area contributed by atoms with Crippen molar-refractivity contribution in [2.24, 2.45) is 5.92 Å². The molecule has 2 aromatic heterocycles. The van der Waals surface area contributed by atoms with E-state index in [1.54, 1.807) is 16.2 Å². The van der Waals surface area contributed by atoms with Gasteiger partial charge in [-0.1, -0.05) is 5.16 Å². The third kappa shape index (κ3) is 3.90. The Morgan fingerprint density at radius 1 is 1.33 bits per heavy atom. The fourth-order valence-electron chi connectivity index (χ4n) is 3.34. The molecule has 140 valence electrons. The molecule has 1 aliphatic heterocycles. The van der Waals surface area contributed by atoms with Crippen LogP contribution in [0.15, 0.2) is 39.5 Å². The molecule has 1 fully saturated rings. The van der Waals surface area contributed by atoms with Crippen LogP contribution in [-0.2, 0) is 6.42 Å². The second-order valence-corrected chi connectivity index (χ2v) is 7.39. The van der Waals surface area contributed by atoms with Crippen LogP contribution in [0.4, 0.5) is 8.78 Å². The minimum Gasteiger partial charge on any atom is -0.339 e. The Hall–Kier alpha value is -2.61. The highest BCUT2D eigenvalue weighted by Crippen LogP contribution is 2.24. The number of hydrogen-bond donors (Lipinski definition) is 0. The third-order valence-corrected chi connectivity index (χ3v) is 5.36. The lowest BCUT2D eigenvalue weighted by molar-refractivity contribution is 0.0663. The number of benzene rings is 1. The maximum Gasteiger partial charge on any atom is 0.256 e. The highest BCUT2D eigenvalue weighted by Gasteiger charge is 2.27. The molecule has 0 aliphatic carbocycles. The largest absolute Gasteiger partial charge is 0.339 e. The molecular weight excluding hydrogens is 372 g/mol. The number of hydrogen-bond acceptors (Lipinski definition) is 5. The van der Waals surface area contributed by atoms with Crippen LogP contribution in [0.5, 0.6) is 0 Å². The summed E-state index contributed by atoms with van der Waals surface area (Å²) in [4.78, 5) is 18.6. The summed E-state index contributed by atoms with van der Waals surface area (Å²) in [6, 6.07) is 4.96. The van der Waals surface area contributed by atoms with Gasteiger partial charge in [0.2, 0.25) is 11.7 Å². The average molecular weight is 389 g/mol. The maximum absolute atomic E-state index is 13.9. The molecule has 8 heteroatoms. The Bertz CT molecular complexity index is 942. The van der Waals surface area contributed by atoms with Crippen molar-refractivity contribution >= 4 is 17.2 Å². The molecule has 1 amide bonds. The van der Waals surface area contributed by atoms with Gasteiger partial charge >= 0.3 is 0 Å². The van der Waals surface area contributed by atoms with E-state index in [1.807, 2.05) is 16.8 Å². The number of thiophene rings is 1. The molecule has 5 nitrogen and oxygen atoms in total. The van der Waals surface area contributed by atoms with Gasteiger partial charge in [0.15, 0.2) is 0 Å². The summed E-state index contributed by atoms with van der Waals surface area (Å²) in [5.41, 5.74) is 0.816. The second kappa shape index (κ2) is 7.56. The second-order valence-electron chi connectivity index (χ2n) is 6.61. The van der Waals surface area contributed by atoms with E-state index in [2.05, 4.69) is 10.1 Å². The average Bonchev–Trinajstić information content (AvgIpc) is 3.33. The topological polar surface area (TPSA) is 59.2 Å². The van der Waals surface area contributed by atoms with Gasteiger partial charge in [-0.05, 0) is 42.3 Å². The van der Waals surface area contributed by atoms with E-state index in [-0.39, 0.29) is 11.5 Å². The Morgan fingerprint density at radius 3 is 3.00 bits per heavy atom. The van der Waals surface area contributed by atoms with E-state index in [9.17, 15) is 13.6 Å². The normalized spacial score (nSPS) is 17.3. The summed E-state index contributed by atoms with van der Waals surface area (Å²) in [5.74, 6) is -0.701. The standard InChI is InChI=1S/C19H17F2N3O2S/c20-14-3-4-15(16(21)9-14)19(25)24-6-1-2-12(10-24)8-17-22-18(23-26-17)13-5-7-27-11-13/h3-5,7,9,11-12H,1-2,6,8,10H2/t12-/m1/s1. The number of carbonyl (C=O) groups is 1. The molecule has 0 spiro atoms. The quantitative estimate of drug-likeness (QED) is 0.672. The van der Waals surface area contributed by atoms with E-state index < -0.39 is 17.5 Å². The van der Waals surface area contributed by atoms with Crippen molar-refractivity contribution in [1.82, 2.24) is 15.0 Å². The zero-order valence-corrected chi connectivity index (χ0v) is 15.2. The van der Waals surface area contributed by atoms with Crippen LogP contribution < -0.4 is 0 Å². The number of aromatic nitrogens is 2. The number of piperidine rings is 1. The molecule has 0 unspecified atom stereocenters. The summed E-state index contributed by atoms with van der Waals surface area (Å²) in [7, 11) is 0. The molecule has 4 rings (SSSR count). The Morgan fingerprint density at radius 2 is 2.22 bits per heavy atom. The number of likely N-dealkylation sites (tertiary alicyclic amines) is 1. The zero-order valence-electron chi connectivity index (χ0n) is 14.4. The monoisotopic (exact) mass is 389 g/mol. The first kappa shape index (κ1) is 17.8. The van der Waals surface area contributed by atoms with Crippen molar-refractivity contribution in [2.45, 2.75) is 19.3 Å². The van der Waals surface area contributed by atoms with Gasteiger partial charge in [0, 0.05) is 36.5 Å². The van der Waals surface area contributed by atoms with Gasteiger partial charge in [-0.25, -0.2) is 8.78 Å². The number of nitrogens with zero attached hydrogens (tertiary/aromatic N) is 3. The van der Waals surface area contributed by atoms with Gasteiger partial charge in [0.25, 0.3) is 5.91 Å². The summed E-state index contributed by atoms with van der Waals surface area (Å²) in [5, 5.41) is 7.90. The van der Waals surface area contributed by atoms with Crippen molar-refractivity contribution in [3.8, 4) is 11.4 Å². The molecular formula is C19H17F2N3O2S. The molecule has 0 saturated carbocycles. The third-order valence-electron chi connectivity index (χ3n) is 4.68. The number of carbonyl (C=O) groups excluding carboxylic acids is 1. The van der Waals surface area contributed by atoms with Crippen molar-refractivity contribution in [3.05, 3.63) is 58.1 Å². The molecule has 1 aromatic carbocycles. The van der Waals surface area contributed by atoms with Crippen molar-refractivity contribution in [1.29, 1.82) is 0 Å². The van der Waals surface area contributed by atoms with Crippen LogP contribution in [0, 0.1) is 17.6 Å². The van der Waals surface area contributed by atoms with Gasteiger partial charge in [0.1, 0.15) is 11.6 Å². The first-order valence-electron chi connectivity index (χ1n) is 8.69. The lowest BCUT2D eigenvalue weighted by Crippen LogP contribution is -2.40. The zero-order chi connectivity index (χ0) is 18.8. The Kier molecular flexibility index (Phi) is 4.98. The predicted molar refractivity (Wildman–Crippen MR) is 96.3 cm³/mol. The first-order chi connectivity index (χ1) is 13.1. The van der Waals surface area contributed by atoms with Crippen LogP contribution in [0.1, 0.15) is 29.1 Å². The van der Waals surface area contributed by atoms with Crippen LogP contribution in [0.25, 0.3) is 11.4 Å². The van der Waals surface area contributed by atoms with E-state index in [0.717, 1.165) is 30.5 Å². The SMILES string of the molecule is O=C(c1ccc(F)cc1F)N1CCC[C@H](Cc2nc(-c3ccsc3)no2)C1. The van der Waals surface area contributed by atoms with E-state index in [1.165, 1.54) is 6.07 Å². The summed E-state index contributed by atoms with van der Waals surface area (Å²) >= 11 is 1.56. The van der Waals surface area contributed by atoms with Crippen molar-refractivity contribution in [2.75, 3.05) is 13.1 Å². The minimum absolute atomic E-state index is 0.102. The smallest absolute Gasteiger partial charge is 0.256 e. The molecule has 0 bridgehead atoms. The molecule has 1 atom stereocenters. The molecule has 3 heterocycles. The first-order valence-corrected chi connectivity index (χ1v) is 9.64. The van der Waals surface area contributed by atoms with E-state index >= 15 is 0 Å².